The fraction of sp³-hybridized carbons (Fsp3) is 0.348. The van der Waals surface area contributed by atoms with Gasteiger partial charge in [-0.3, -0.25) is 4.99 Å². The molecule has 1 aliphatic carbocycles. The number of aromatic amines is 1. The van der Waals surface area contributed by atoms with E-state index >= 15 is 0 Å². The molecule has 0 amide bonds. The van der Waals surface area contributed by atoms with Crippen LogP contribution in [0, 0.1) is 0 Å². The van der Waals surface area contributed by atoms with E-state index in [1.165, 1.54) is 32.1 Å². The minimum atomic E-state index is 0.483. The lowest BCUT2D eigenvalue weighted by atomic mass is 9.89. The number of nitrogens with zero attached hydrogens (tertiary/aromatic N) is 4. The molecule has 5 rings (SSSR count). The van der Waals surface area contributed by atoms with Crippen LogP contribution in [-0.4, -0.2) is 32.4 Å². The van der Waals surface area contributed by atoms with Gasteiger partial charge in [0.1, 0.15) is 28.1 Å². The van der Waals surface area contributed by atoms with E-state index in [1.54, 1.807) is 18.4 Å². The van der Waals surface area contributed by atoms with E-state index in [9.17, 15) is 0 Å². The third kappa shape index (κ3) is 3.13. The van der Waals surface area contributed by atoms with Crippen LogP contribution in [0.4, 0.5) is 0 Å². The number of nitrogens with two attached hydrogens (primary N) is 1. The molecule has 154 valence electrons. The van der Waals surface area contributed by atoms with Crippen LogP contribution in [0.2, 0.25) is 0 Å². The number of thiazole rings is 1. The molecule has 1 aliphatic rings. The summed E-state index contributed by atoms with van der Waals surface area (Å²) in [6, 6.07) is 8.46. The van der Waals surface area contributed by atoms with Gasteiger partial charge in [-0.15, -0.1) is 11.3 Å². The van der Waals surface area contributed by atoms with E-state index < -0.39 is 0 Å². The smallest absolute Gasteiger partial charge is 0.144 e. The quantitative estimate of drug-likeness (QED) is 0.358. The Balaban J connectivity index is 1.68. The monoisotopic (exact) mass is 418 g/mol. The molecule has 1 saturated carbocycles. The summed E-state index contributed by atoms with van der Waals surface area (Å²) in [6.45, 7) is 0. The van der Waals surface area contributed by atoms with Crippen molar-refractivity contribution in [2.24, 2.45) is 17.8 Å². The molecule has 4 aromatic rings. The van der Waals surface area contributed by atoms with Crippen LogP contribution in [0.3, 0.4) is 0 Å². The number of rotatable bonds is 4. The average molecular weight is 419 g/mol. The number of H-pyrrole nitrogens is 1. The molecule has 0 spiro atoms. The summed E-state index contributed by atoms with van der Waals surface area (Å²) < 4.78 is 2.15. The van der Waals surface area contributed by atoms with E-state index in [0.29, 0.717) is 11.8 Å². The van der Waals surface area contributed by atoms with Gasteiger partial charge < -0.3 is 15.3 Å². The van der Waals surface area contributed by atoms with E-state index in [1.807, 2.05) is 11.6 Å². The van der Waals surface area contributed by atoms with Crippen LogP contribution in [0.5, 0.6) is 0 Å². The first-order chi connectivity index (χ1) is 14.7. The molecule has 6 nitrogen and oxygen atoms in total. The molecule has 3 aromatic heterocycles. The molecule has 7 heteroatoms. The highest BCUT2D eigenvalue weighted by molar-refractivity contribution is 7.13. The Morgan fingerprint density at radius 2 is 2.10 bits per heavy atom. The number of amidine groups is 1. The van der Waals surface area contributed by atoms with Crippen molar-refractivity contribution in [3.63, 3.8) is 0 Å². The minimum Gasteiger partial charge on any atom is -0.382 e. The van der Waals surface area contributed by atoms with E-state index in [4.69, 9.17) is 10.7 Å². The lowest BCUT2D eigenvalue weighted by molar-refractivity contribution is 0.421. The number of aromatic nitrogens is 4. The molecule has 3 N–H and O–H groups in total. The SMILES string of the molecule is CN=C(N)c1c(-c2cc3cccc(-c4nccs4)c3[nH]2)nc(C2CCCCC2)n1C. The second-order valence-electron chi connectivity index (χ2n) is 7.96. The summed E-state index contributed by atoms with van der Waals surface area (Å²) in [4.78, 5) is 17.5. The number of aliphatic imine (C=N–C) groups is 1. The van der Waals surface area contributed by atoms with Crippen molar-refractivity contribution in [2.45, 2.75) is 38.0 Å². The second kappa shape index (κ2) is 7.72. The van der Waals surface area contributed by atoms with Gasteiger partial charge in [0.05, 0.1) is 11.2 Å². The highest BCUT2D eigenvalue weighted by Gasteiger charge is 2.26. The largest absolute Gasteiger partial charge is 0.382 e. The van der Waals surface area contributed by atoms with Crippen molar-refractivity contribution < 1.29 is 0 Å². The Bertz CT molecular complexity index is 1210. The molecule has 0 radical (unpaired) electrons. The first-order valence-corrected chi connectivity index (χ1v) is 11.4. The van der Waals surface area contributed by atoms with Gasteiger partial charge >= 0.3 is 0 Å². The van der Waals surface area contributed by atoms with Gasteiger partial charge in [-0.1, -0.05) is 31.4 Å². The van der Waals surface area contributed by atoms with Crippen LogP contribution >= 0.6 is 11.3 Å². The highest BCUT2D eigenvalue weighted by atomic mass is 32.1. The fourth-order valence-electron chi connectivity index (χ4n) is 4.65. The van der Waals surface area contributed by atoms with Crippen LogP contribution < -0.4 is 5.73 Å². The molecule has 0 bridgehead atoms. The predicted molar refractivity (Wildman–Crippen MR) is 124 cm³/mol. The first kappa shape index (κ1) is 19.1. The van der Waals surface area contributed by atoms with Crippen molar-refractivity contribution in [2.75, 3.05) is 7.05 Å². The number of benzene rings is 1. The summed E-state index contributed by atoms with van der Waals surface area (Å²) in [5.74, 6) is 2.11. The number of imidazole rings is 1. The first-order valence-electron chi connectivity index (χ1n) is 10.5. The molecule has 0 atom stereocenters. The maximum absolute atomic E-state index is 6.34. The molecule has 0 aliphatic heterocycles. The normalized spacial score (nSPS) is 15.9. The molecule has 1 aromatic carbocycles. The van der Waals surface area contributed by atoms with Gasteiger partial charge in [-0.25, -0.2) is 9.97 Å². The van der Waals surface area contributed by atoms with Crippen LogP contribution in [0.15, 0.2) is 40.8 Å². The van der Waals surface area contributed by atoms with Crippen molar-refractivity contribution >= 4 is 28.1 Å². The van der Waals surface area contributed by atoms with E-state index in [0.717, 1.165) is 44.4 Å². The third-order valence-electron chi connectivity index (χ3n) is 6.16. The van der Waals surface area contributed by atoms with Crippen molar-refractivity contribution in [3.8, 4) is 22.0 Å². The maximum atomic E-state index is 6.34. The Morgan fingerprint density at radius 1 is 1.27 bits per heavy atom. The molecule has 30 heavy (non-hydrogen) atoms. The molecular formula is C23H26N6S. The van der Waals surface area contributed by atoms with Gasteiger partial charge in [-0.05, 0) is 25.0 Å². The number of fused-ring (bicyclic) bond motifs is 1. The zero-order chi connectivity index (χ0) is 20.7. The molecular weight excluding hydrogens is 392 g/mol. The Hall–Kier alpha value is -2.93. The summed E-state index contributed by atoms with van der Waals surface area (Å²) in [7, 11) is 3.80. The lowest BCUT2D eigenvalue weighted by Crippen LogP contribution is -2.19. The van der Waals surface area contributed by atoms with Gasteiger partial charge in [-0.2, -0.15) is 0 Å². The molecule has 3 heterocycles. The summed E-state index contributed by atoms with van der Waals surface area (Å²) in [5, 5.41) is 4.15. The summed E-state index contributed by atoms with van der Waals surface area (Å²) in [5.41, 5.74) is 11.3. The number of hydrogen-bond acceptors (Lipinski definition) is 4. The maximum Gasteiger partial charge on any atom is 0.144 e. The number of para-hydroxylation sites is 1. The Labute approximate surface area is 179 Å². The summed E-state index contributed by atoms with van der Waals surface area (Å²) >= 11 is 1.64. The standard InChI is InChI=1S/C23H26N6S/c1-25-21(24)20-19(28-22(29(20)2)14-7-4-3-5-8-14)17-13-15-9-6-10-16(18(15)27-17)23-26-11-12-30-23/h6,9-14,27H,3-5,7-8H2,1-2H3,(H2,24,25). The minimum absolute atomic E-state index is 0.483. The van der Waals surface area contributed by atoms with Gasteiger partial charge in [0.25, 0.3) is 0 Å². The number of hydrogen-bond donors (Lipinski definition) is 2. The Morgan fingerprint density at radius 3 is 2.83 bits per heavy atom. The number of nitrogens with one attached hydrogen (secondary N) is 1. The lowest BCUT2D eigenvalue weighted by Gasteiger charge is -2.21. The second-order valence-corrected chi connectivity index (χ2v) is 8.85. The van der Waals surface area contributed by atoms with Gasteiger partial charge in [0.2, 0.25) is 0 Å². The Kier molecular flexibility index (Phi) is 4.90. The van der Waals surface area contributed by atoms with Crippen LogP contribution in [-0.2, 0) is 7.05 Å². The van der Waals surface area contributed by atoms with Crippen LogP contribution in [0.1, 0.15) is 49.5 Å². The van der Waals surface area contributed by atoms with Gasteiger partial charge in [0.15, 0.2) is 0 Å². The summed E-state index contributed by atoms with van der Waals surface area (Å²) in [6.07, 6.45) is 8.07. The average Bonchev–Trinajstić information content (AvgIpc) is 3.51. The predicted octanol–water partition coefficient (Wildman–Crippen LogP) is 5.07. The fourth-order valence-corrected chi connectivity index (χ4v) is 5.32. The van der Waals surface area contributed by atoms with Crippen LogP contribution in [0.25, 0.3) is 32.9 Å². The van der Waals surface area contributed by atoms with Gasteiger partial charge in [0, 0.05) is 42.5 Å². The topological polar surface area (TPSA) is 84.9 Å². The van der Waals surface area contributed by atoms with E-state index in [-0.39, 0.29) is 0 Å². The third-order valence-corrected chi connectivity index (χ3v) is 6.96. The van der Waals surface area contributed by atoms with Crippen molar-refractivity contribution in [1.82, 2.24) is 19.5 Å². The molecule has 1 fully saturated rings. The van der Waals surface area contributed by atoms with E-state index in [2.05, 4.69) is 50.8 Å². The molecule has 0 saturated heterocycles. The zero-order valence-corrected chi connectivity index (χ0v) is 18.2. The molecule has 0 unspecified atom stereocenters. The van der Waals surface area contributed by atoms with Crippen molar-refractivity contribution in [1.29, 1.82) is 0 Å². The van der Waals surface area contributed by atoms with Crippen molar-refractivity contribution in [3.05, 3.63) is 47.4 Å². The highest BCUT2D eigenvalue weighted by Crippen LogP contribution is 2.37. The zero-order valence-electron chi connectivity index (χ0n) is 17.4.